The molecule has 2 aliphatic rings. The van der Waals surface area contributed by atoms with Crippen LogP contribution < -0.4 is 0 Å². The van der Waals surface area contributed by atoms with Gasteiger partial charge < -0.3 is 0 Å². The van der Waals surface area contributed by atoms with E-state index in [9.17, 15) is 9.18 Å². The number of aromatic nitrogens is 2. The second-order valence-corrected chi connectivity index (χ2v) is 9.32. The lowest BCUT2D eigenvalue weighted by Crippen LogP contribution is -2.04. The third-order valence-corrected chi connectivity index (χ3v) is 7.41. The number of ketones is 1. The van der Waals surface area contributed by atoms with Crippen LogP contribution in [-0.4, -0.2) is 21.5 Å². The fourth-order valence-electron chi connectivity index (χ4n) is 3.62. The van der Waals surface area contributed by atoms with Crippen molar-refractivity contribution in [3.05, 3.63) is 51.9 Å². The average molecular weight is 399 g/mol. The van der Waals surface area contributed by atoms with E-state index in [0.29, 0.717) is 17.2 Å². The molecule has 5 rings (SSSR count). The number of Topliss-reactive ketones (excluding diaryl/α,β-unsaturated/α-hetero) is 1. The molecule has 1 saturated carbocycles. The topological polar surface area (TPSA) is 42.9 Å². The number of carbonyl (C=O) groups is 1. The third kappa shape index (κ3) is 3.41. The predicted molar refractivity (Wildman–Crippen MR) is 107 cm³/mol. The summed E-state index contributed by atoms with van der Waals surface area (Å²) in [4.78, 5) is 24.8. The van der Waals surface area contributed by atoms with E-state index in [1.807, 2.05) is 11.3 Å². The van der Waals surface area contributed by atoms with Crippen LogP contribution in [0.5, 0.6) is 0 Å². The first kappa shape index (κ1) is 17.3. The molecule has 27 heavy (non-hydrogen) atoms. The van der Waals surface area contributed by atoms with Gasteiger partial charge in [0.05, 0.1) is 5.75 Å². The molecule has 1 fully saturated rings. The number of fused-ring (bicyclic) bond motifs is 3. The Morgan fingerprint density at radius 3 is 2.70 bits per heavy atom. The van der Waals surface area contributed by atoms with Gasteiger partial charge in [-0.15, -0.1) is 11.3 Å². The number of aryl methyl sites for hydroxylation is 2. The molecule has 3 nitrogen and oxygen atoms in total. The summed E-state index contributed by atoms with van der Waals surface area (Å²) in [6.07, 6.45) is 7.00. The molecule has 0 radical (unpaired) electrons. The third-order valence-electron chi connectivity index (χ3n) is 5.25. The van der Waals surface area contributed by atoms with E-state index in [2.05, 4.69) is 0 Å². The summed E-state index contributed by atoms with van der Waals surface area (Å²) in [5, 5.41) is 2.13. The molecule has 2 aromatic heterocycles. The lowest BCUT2D eigenvalue weighted by atomic mass is 9.97. The maximum absolute atomic E-state index is 13.1. The molecule has 6 heteroatoms. The highest BCUT2D eigenvalue weighted by Crippen LogP contribution is 2.44. The summed E-state index contributed by atoms with van der Waals surface area (Å²) in [6, 6.07) is 5.77. The van der Waals surface area contributed by atoms with Crippen molar-refractivity contribution in [2.24, 2.45) is 0 Å². The number of thioether (sulfide) groups is 1. The molecule has 138 valence electrons. The van der Waals surface area contributed by atoms with Gasteiger partial charge in [-0.05, 0) is 68.4 Å². The van der Waals surface area contributed by atoms with Crippen LogP contribution >= 0.6 is 23.1 Å². The van der Waals surface area contributed by atoms with Crippen LogP contribution in [-0.2, 0) is 12.8 Å². The van der Waals surface area contributed by atoms with Gasteiger partial charge in [0.25, 0.3) is 0 Å². The van der Waals surface area contributed by atoms with Gasteiger partial charge in [-0.1, -0.05) is 11.8 Å². The van der Waals surface area contributed by atoms with Crippen molar-refractivity contribution >= 4 is 39.1 Å². The summed E-state index contributed by atoms with van der Waals surface area (Å²) in [7, 11) is 0. The Bertz CT molecular complexity index is 1020. The van der Waals surface area contributed by atoms with E-state index in [4.69, 9.17) is 9.97 Å². The smallest absolute Gasteiger partial charge is 0.173 e. The monoisotopic (exact) mass is 398 g/mol. The molecule has 0 saturated heterocycles. The number of carbonyl (C=O) groups excluding carboxylic acids is 1. The SMILES string of the molecule is O=C(CSc1nc(C2CC2)nc2sc3c(c12)CCCC3)c1ccc(F)cc1. The molecule has 0 aliphatic heterocycles. The van der Waals surface area contributed by atoms with Crippen molar-refractivity contribution in [1.82, 2.24) is 9.97 Å². The Kier molecular flexibility index (Phi) is 4.48. The van der Waals surface area contributed by atoms with Crippen LogP contribution in [0.1, 0.15) is 58.2 Å². The lowest BCUT2D eigenvalue weighted by molar-refractivity contribution is 0.102. The summed E-state index contributed by atoms with van der Waals surface area (Å²) in [6.45, 7) is 0. The minimum absolute atomic E-state index is 0.00355. The zero-order chi connectivity index (χ0) is 18.4. The van der Waals surface area contributed by atoms with Crippen molar-refractivity contribution in [3.8, 4) is 0 Å². The highest BCUT2D eigenvalue weighted by molar-refractivity contribution is 8.00. The van der Waals surface area contributed by atoms with Crippen LogP contribution in [0.25, 0.3) is 10.2 Å². The maximum atomic E-state index is 13.1. The van der Waals surface area contributed by atoms with Crippen LogP contribution in [0.2, 0.25) is 0 Å². The van der Waals surface area contributed by atoms with Gasteiger partial charge in [0.15, 0.2) is 5.78 Å². The molecule has 3 aromatic rings. The minimum atomic E-state index is -0.323. The van der Waals surface area contributed by atoms with Crippen molar-refractivity contribution < 1.29 is 9.18 Å². The molecular weight excluding hydrogens is 379 g/mol. The van der Waals surface area contributed by atoms with Gasteiger partial charge in [-0.25, -0.2) is 14.4 Å². The zero-order valence-electron chi connectivity index (χ0n) is 14.8. The Morgan fingerprint density at radius 2 is 1.93 bits per heavy atom. The van der Waals surface area contributed by atoms with Crippen molar-refractivity contribution in [1.29, 1.82) is 0 Å². The minimum Gasteiger partial charge on any atom is -0.293 e. The Balaban J connectivity index is 1.48. The molecular formula is C21H19FN2OS2. The van der Waals surface area contributed by atoms with Gasteiger partial charge in [0.2, 0.25) is 0 Å². The van der Waals surface area contributed by atoms with Crippen LogP contribution in [0.15, 0.2) is 29.3 Å². The number of nitrogens with zero attached hydrogens (tertiary/aromatic N) is 2. The molecule has 0 atom stereocenters. The fourth-order valence-corrected chi connectivity index (χ4v) is 5.91. The van der Waals surface area contributed by atoms with Crippen LogP contribution in [0, 0.1) is 5.82 Å². The van der Waals surface area contributed by atoms with Gasteiger partial charge in [-0.2, -0.15) is 0 Å². The molecule has 1 aromatic carbocycles. The molecule has 2 heterocycles. The van der Waals surface area contributed by atoms with E-state index in [0.717, 1.165) is 41.4 Å². The van der Waals surface area contributed by atoms with Crippen molar-refractivity contribution in [2.75, 3.05) is 5.75 Å². The average Bonchev–Trinajstić information content (AvgIpc) is 3.47. The maximum Gasteiger partial charge on any atom is 0.173 e. The van der Waals surface area contributed by atoms with Gasteiger partial charge in [-0.3, -0.25) is 4.79 Å². The first-order chi connectivity index (χ1) is 13.2. The molecule has 0 bridgehead atoms. The second-order valence-electron chi connectivity index (χ2n) is 7.27. The van der Waals surface area contributed by atoms with Crippen LogP contribution in [0.4, 0.5) is 4.39 Å². The molecule has 0 spiro atoms. The van der Waals surface area contributed by atoms with E-state index in [1.54, 1.807) is 12.1 Å². The largest absolute Gasteiger partial charge is 0.293 e. The normalized spacial score (nSPS) is 16.5. The predicted octanol–water partition coefficient (Wildman–Crippen LogP) is 5.56. The van der Waals surface area contributed by atoms with Gasteiger partial charge in [0.1, 0.15) is 21.5 Å². The van der Waals surface area contributed by atoms with E-state index < -0.39 is 0 Å². The Labute approximate surface area is 165 Å². The second kappa shape index (κ2) is 6.99. The molecule has 0 amide bonds. The van der Waals surface area contributed by atoms with Crippen LogP contribution in [0.3, 0.4) is 0 Å². The van der Waals surface area contributed by atoms with E-state index >= 15 is 0 Å². The first-order valence-corrected chi connectivity index (χ1v) is 11.2. The molecule has 0 N–H and O–H groups in total. The number of thiophene rings is 1. The fraction of sp³-hybridized carbons (Fsp3) is 0.381. The number of hydrogen-bond acceptors (Lipinski definition) is 5. The standard InChI is InChI=1S/C21H19FN2OS2/c22-14-9-7-12(8-10-14)16(25)11-26-20-18-15-3-1-2-4-17(15)27-21(18)24-19(23-20)13-5-6-13/h7-10,13H,1-6,11H2. The number of halogens is 1. The number of hydrogen-bond donors (Lipinski definition) is 0. The van der Waals surface area contributed by atoms with Gasteiger partial charge >= 0.3 is 0 Å². The zero-order valence-corrected chi connectivity index (χ0v) is 16.5. The van der Waals surface area contributed by atoms with Crippen molar-refractivity contribution in [2.45, 2.75) is 49.5 Å². The summed E-state index contributed by atoms with van der Waals surface area (Å²) in [5.74, 6) is 1.42. The highest BCUT2D eigenvalue weighted by atomic mass is 32.2. The van der Waals surface area contributed by atoms with Crippen molar-refractivity contribution in [3.63, 3.8) is 0 Å². The van der Waals surface area contributed by atoms with E-state index in [1.165, 1.54) is 52.6 Å². The Hall–Kier alpha value is -1.79. The first-order valence-electron chi connectivity index (χ1n) is 9.43. The summed E-state index contributed by atoms with van der Waals surface area (Å²) < 4.78 is 13.1. The number of rotatable bonds is 5. The quantitative estimate of drug-likeness (QED) is 0.320. The summed E-state index contributed by atoms with van der Waals surface area (Å²) in [5.41, 5.74) is 1.95. The summed E-state index contributed by atoms with van der Waals surface area (Å²) >= 11 is 3.32. The molecule has 0 unspecified atom stereocenters. The number of benzene rings is 1. The van der Waals surface area contributed by atoms with Gasteiger partial charge in [0, 0.05) is 21.7 Å². The highest BCUT2D eigenvalue weighted by Gasteiger charge is 2.29. The molecule has 2 aliphatic carbocycles. The lowest BCUT2D eigenvalue weighted by Gasteiger charge is -2.12. The Morgan fingerprint density at radius 1 is 1.15 bits per heavy atom. The van der Waals surface area contributed by atoms with E-state index in [-0.39, 0.29) is 11.6 Å².